The SMILES string of the molecule is CCNCc1cncc(Oc2cc(C)ccc2C(C)C)n1. The monoisotopic (exact) mass is 285 g/mol. The first-order valence-corrected chi connectivity index (χ1v) is 7.40. The Morgan fingerprint density at radius 2 is 2.05 bits per heavy atom. The minimum atomic E-state index is 0.401. The van der Waals surface area contributed by atoms with Crippen molar-refractivity contribution in [1.82, 2.24) is 15.3 Å². The van der Waals surface area contributed by atoms with Gasteiger partial charge >= 0.3 is 0 Å². The maximum Gasteiger partial charge on any atom is 0.238 e. The van der Waals surface area contributed by atoms with Gasteiger partial charge < -0.3 is 10.1 Å². The summed E-state index contributed by atoms with van der Waals surface area (Å²) in [6.45, 7) is 10.0. The normalized spacial score (nSPS) is 10.9. The quantitative estimate of drug-likeness (QED) is 0.876. The summed E-state index contributed by atoms with van der Waals surface area (Å²) in [5, 5.41) is 3.24. The number of rotatable bonds is 6. The predicted molar refractivity (Wildman–Crippen MR) is 84.8 cm³/mol. The van der Waals surface area contributed by atoms with E-state index >= 15 is 0 Å². The van der Waals surface area contributed by atoms with E-state index in [1.807, 2.05) is 6.07 Å². The van der Waals surface area contributed by atoms with Crippen molar-refractivity contribution < 1.29 is 4.74 Å². The van der Waals surface area contributed by atoms with E-state index in [-0.39, 0.29) is 0 Å². The van der Waals surface area contributed by atoms with Gasteiger partial charge in [0, 0.05) is 12.7 Å². The Morgan fingerprint density at radius 1 is 1.24 bits per heavy atom. The van der Waals surface area contributed by atoms with Crippen molar-refractivity contribution in [3.8, 4) is 11.6 Å². The minimum Gasteiger partial charge on any atom is -0.437 e. The fraction of sp³-hybridized carbons (Fsp3) is 0.412. The third-order valence-electron chi connectivity index (χ3n) is 3.22. The van der Waals surface area contributed by atoms with Gasteiger partial charge in [0.25, 0.3) is 0 Å². The van der Waals surface area contributed by atoms with Crippen molar-refractivity contribution in [3.63, 3.8) is 0 Å². The third-order valence-corrected chi connectivity index (χ3v) is 3.22. The highest BCUT2D eigenvalue weighted by molar-refractivity contribution is 5.40. The molecule has 0 aliphatic carbocycles. The van der Waals surface area contributed by atoms with Crippen molar-refractivity contribution in [3.05, 3.63) is 47.4 Å². The Balaban J connectivity index is 2.23. The van der Waals surface area contributed by atoms with E-state index in [9.17, 15) is 0 Å². The third kappa shape index (κ3) is 4.26. The highest BCUT2D eigenvalue weighted by Gasteiger charge is 2.10. The topological polar surface area (TPSA) is 47.0 Å². The second-order valence-electron chi connectivity index (χ2n) is 5.43. The average molecular weight is 285 g/mol. The van der Waals surface area contributed by atoms with E-state index in [1.165, 1.54) is 11.1 Å². The zero-order valence-corrected chi connectivity index (χ0v) is 13.2. The van der Waals surface area contributed by atoms with Crippen LogP contribution in [0.4, 0.5) is 0 Å². The Hall–Kier alpha value is -1.94. The minimum absolute atomic E-state index is 0.401. The Morgan fingerprint density at radius 3 is 2.76 bits per heavy atom. The first-order valence-electron chi connectivity index (χ1n) is 7.40. The number of nitrogens with one attached hydrogen (secondary N) is 1. The lowest BCUT2D eigenvalue weighted by molar-refractivity contribution is 0.448. The lowest BCUT2D eigenvalue weighted by Crippen LogP contribution is -2.13. The van der Waals surface area contributed by atoms with Crippen LogP contribution in [-0.2, 0) is 6.54 Å². The Kier molecular flexibility index (Phi) is 5.28. The average Bonchev–Trinajstić information content (AvgIpc) is 2.45. The smallest absolute Gasteiger partial charge is 0.238 e. The zero-order chi connectivity index (χ0) is 15.2. The molecule has 0 saturated heterocycles. The summed E-state index contributed by atoms with van der Waals surface area (Å²) in [5.74, 6) is 1.80. The largest absolute Gasteiger partial charge is 0.437 e. The molecule has 112 valence electrons. The number of aromatic nitrogens is 2. The van der Waals surface area contributed by atoms with Crippen LogP contribution in [0.15, 0.2) is 30.6 Å². The number of benzene rings is 1. The van der Waals surface area contributed by atoms with Crippen molar-refractivity contribution in [2.75, 3.05) is 6.54 Å². The zero-order valence-electron chi connectivity index (χ0n) is 13.2. The van der Waals surface area contributed by atoms with Crippen molar-refractivity contribution in [2.45, 2.75) is 40.2 Å². The van der Waals surface area contributed by atoms with Crippen molar-refractivity contribution in [2.24, 2.45) is 0 Å². The molecule has 2 aromatic rings. The van der Waals surface area contributed by atoms with Gasteiger partial charge in [-0.2, -0.15) is 0 Å². The molecule has 0 unspecified atom stereocenters. The van der Waals surface area contributed by atoms with Gasteiger partial charge in [0.15, 0.2) is 0 Å². The van der Waals surface area contributed by atoms with E-state index in [2.05, 4.69) is 55.1 Å². The first kappa shape index (κ1) is 15.4. The van der Waals surface area contributed by atoms with Crippen LogP contribution in [0.25, 0.3) is 0 Å². The predicted octanol–water partition coefficient (Wildman–Crippen LogP) is 3.81. The fourth-order valence-corrected chi connectivity index (χ4v) is 2.09. The maximum absolute atomic E-state index is 5.97. The van der Waals surface area contributed by atoms with Crippen LogP contribution in [0.5, 0.6) is 11.6 Å². The highest BCUT2D eigenvalue weighted by atomic mass is 16.5. The first-order chi connectivity index (χ1) is 10.1. The molecule has 2 rings (SSSR count). The van der Waals surface area contributed by atoms with Gasteiger partial charge in [-0.05, 0) is 36.6 Å². The molecule has 0 saturated carbocycles. The molecule has 0 fully saturated rings. The van der Waals surface area contributed by atoms with Gasteiger partial charge in [-0.1, -0.05) is 32.9 Å². The van der Waals surface area contributed by atoms with E-state index in [1.54, 1.807) is 12.4 Å². The molecule has 0 aliphatic rings. The summed E-state index contributed by atoms with van der Waals surface area (Å²) in [6.07, 6.45) is 3.41. The van der Waals surface area contributed by atoms with Gasteiger partial charge in [0.05, 0.1) is 11.9 Å². The lowest BCUT2D eigenvalue weighted by Gasteiger charge is -2.14. The van der Waals surface area contributed by atoms with Crippen LogP contribution in [0.2, 0.25) is 0 Å². The number of aryl methyl sites for hydroxylation is 1. The molecule has 0 atom stereocenters. The van der Waals surface area contributed by atoms with E-state index in [0.29, 0.717) is 18.3 Å². The van der Waals surface area contributed by atoms with Gasteiger partial charge in [-0.15, -0.1) is 0 Å². The second-order valence-corrected chi connectivity index (χ2v) is 5.43. The summed E-state index contributed by atoms with van der Waals surface area (Å²) in [6, 6.07) is 6.27. The van der Waals surface area contributed by atoms with Crippen molar-refractivity contribution >= 4 is 0 Å². The number of hydrogen-bond donors (Lipinski definition) is 1. The molecule has 4 nitrogen and oxygen atoms in total. The molecule has 4 heteroatoms. The molecule has 1 heterocycles. The fourth-order valence-electron chi connectivity index (χ4n) is 2.09. The van der Waals surface area contributed by atoms with Crippen LogP contribution in [0.3, 0.4) is 0 Å². The molecular weight excluding hydrogens is 262 g/mol. The number of hydrogen-bond acceptors (Lipinski definition) is 4. The summed E-state index contributed by atoms with van der Waals surface area (Å²) < 4.78 is 5.97. The molecule has 0 aliphatic heterocycles. The molecule has 21 heavy (non-hydrogen) atoms. The standard InChI is InChI=1S/C17H23N3O/c1-5-18-9-14-10-19-11-17(20-14)21-16-8-13(4)6-7-15(16)12(2)3/h6-8,10-12,18H,5,9H2,1-4H3. The van der Waals surface area contributed by atoms with Gasteiger partial charge in [-0.3, -0.25) is 4.98 Å². The van der Waals surface area contributed by atoms with E-state index in [0.717, 1.165) is 18.0 Å². The summed E-state index contributed by atoms with van der Waals surface area (Å²) >= 11 is 0. The molecule has 0 amide bonds. The molecule has 1 aromatic heterocycles. The van der Waals surface area contributed by atoms with Crippen LogP contribution in [-0.4, -0.2) is 16.5 Å². The molecular formula is C17H23N3O. The van der Waals surface area contributed by atoms with Gasteiger partial charge in [0.2, 0.25) is 5.88 Å². The van der Waals surface area contributed by atoms with Crippen LogP contribution >= 0.6 is 0 Å². The van der Waals surface area contributed by atoms with Crippen LogP contribution in [0.1, 0.15) is 43.5 Å². The van der Waals surface area contributed by atoms with E-state index in [4.69, 9.17) is 4.74 Å². The van der Waals surface area contributed by atoms with Crippen LogP contribution in [0, 0.1) is 6.92 Å². The molecule has 1 aromatic carbocycles. The highest BCUT2D eigenvalue weighted by Crippen LogP contribution is 2.30. The number of ether oxygens (including phenoxy) is 1. The van der Waals surface area contributed by atoms with Gasteiger partial charge in [-0.25, -0.2) is 4.98 Å². The van der Waals surface area contributed by atoms with Crippen molar-refractivity contribution in [1.29, 1.82) is 0 Å². The Bertz CT molecular complexity index is 596. The number of nitrogens with zero attached hydrogens (tertiary/aromatic N) is 2. The Labute approximate surface area is 126 Å². The van der Waals surface area contributed by atoms with Gasteiger partial charge in [0.1, 0.15) is 5.75 Å². The molecule has 0 bridgehead atoms. The molecule has 0 radical (unpaired) electrons. The summed E-state index contributed by atoms with van der Waals surface area (Å²) in [7, 11) is 0. The maximum atomic E-state index is 5.97. The lowest BCUT2D eigenvalue weighted by atomic mass is 10.0. The molecule has 1 N–H and O–H groups in total. The summed E-state index contributed by atoms with van der Waals surface area (Å²) in [4.78, 5) is 8.69. The van der Waals surface area contributed by atoms with Crippen LogP contribution < -0.4 is 10.1 Å². The van der Waals surface area contributed by atoms with E-state index < -0.39 is 0 Å². The summed E-state index contributed by atoms with van der Waals surface area (Å²) in [5.41, 5.74) is 3.23. The second kappa shape index (κ2) is 7.18. The molecule has 0 spiro atoms.